The van der Waals surface area contributed by atoms with Crippen LogP contribution in [0.2, 0.25) is 0 Å². The normalized spacial score (nSPS) is 13.7. The summed E-state index contributed by atoms with van der Waals surface area (Å²) in [5, 5.41) is 14.0. The fourth-order valence-corrected chi connectivity index (χ4v) is 4.53. The number of carbonyl (C=O) groups excluding carboxylic acids is 2. The molecule has 0 spiro atoms. The molecule has 15 heteroatoms. The van der Waals surface area contributed by atoms with E-state index in [1.54, 1.807) is 29.2 Å². The molecule has 4 rings (SSSR count). The van der Waals surface area contributed by atoms with Crippen LogP contribution in [0.25, 0.3) is 5.69 Å². The first-order valence-corrected chi connectivity index (χ1v) is 11.8. The number of tetrazole rings is 1. The molecule has 1 saturated heterocycles. The van der Waals surface area contributed by atoms with E-state index in [0.29, 0.717) is 37.7 Å². The molecule has 0 atom stereocenters. The number of morpholine rings is 1. The molecule has 0 aliphatic carbocycles. The van der Waals surface area contributed by atoms with E-state index >= 15 is 0 Å². The first kappa shape index (κ1) is 26.3. The molecule has 172 valence electrons. The first-order valence-electron chi connectivity index (χ1n) is 9.62. The summed E-state index contributed by atoms with van der Waals surface area (Å²) in [6.07, 6.45) is 0. The number of nitrogens with one attached hydrogen (secondary N) is 1. The van der Waals surface area contributed by atoms with Gasteiger partial charge in [-0.2, -0.15) is 4.68 Å². The SMILES string of the molecule is O=C(Nc1cccc(-n2nnnc2SC(=O)N2CCOCC2)c1)c1ccccc1S(=O)(=O)[O-].[Na+]. The Kier molecular flexibility index (Phi) is 8.81. The molecule has 3 aromatic rings. The Hall–Kier alpha value is -2.33. The molecule has 1 N–H and O–H groups in total. The molecule has 12 nitrogen and oxygen atoms in total. The zero-order valence-electron chi connectivity index (χ0n) is 17.9. The van der Waals surface area contributed by atoms with Crippen molar-refractivity contribution in [1.82, 2.24) is 25.1 Å². The van der Waals surface area contributed by atoms with E-state index < -0.39 is 20.9 Å². The molecule has 2 heterocycles. The number of carbonyl (C=O) groups is 2. The van der Waals surface area contributed by atoms with E-state index in [0.717, 1.165) is 17.8 Å². The van der Waals surface area contributed by atoms with Gasteiger partial charge < -0.3 is 19.5 Å². The molecule has 2 aromatic carbocycles. The van der Waals surface area contributed by atoms with Gasteiger partial charge >= 0.3 is 29.6 Å². The van der Waals surface area contributed by atoms with Gasteiger partial charge in [-0.05, 0) is 40.8 Å². The number of thioether (sulfide) groups is 1. The Labute approximate surface area is 221 Å². The van der Waals surface area contributed by atoms with E-state index in [2.05, 4.69) is 20.8 Å². The Morgan fingerprint density at radius 1 is 1.09 bits per heavy atom. The van der Waals surface area contributed by atoms with Crippen LogP contribution in [-0.2, 0) is 14.9 Å². The number of rotatable bonds is 5. The van der Waals surface area contributed by atoms with E-state index in [1.807, 2.05) is 0 Å². The van der Waals surface area contributed by atoms with Crippen molar-refractivity contribution in [1.29, 1.82) is 0 Å². The van der Waals surface area contributed by atoms with Gasteiger partial charge in [0, 0.05) is 30.5 Å². The van der Waals surface area contributed by atoms with Crippen molar-refractivity contribution in [2.45, 2.75) is 10.1 Å². The number of hydrogen-bond acceptors (Lipinski definition) is 10. The third-order valence-corrected chi connectivity index (χ3v) is 6.40. The second-order valence-electron chi connectivity index (χ2n) is 6.80. The van der Waals surface area contributed by atoms with Gasteiger partial charge in [-0.15, -0.1) is 5.10 Å². The van der Waals surface area contributed by atoms with E-state index in [4.69, 9.17) is 4.74 Å². The monoisotopic (exact) mass is 512 g/mol. The van der Waals surface area contributed by atoms with Gasteiger partial charge in [0.2, 0.25) is 5.16 Å². The van der Waals surface area contributed by atoms with Crippen molar-refractivity contribution in [3.05, 3.63) is 54.1 Å². The summed E-state index contributed by atoms with van der Waals surface area (Å²) in [4.78, 5) is 26.2. The summed E-state index contributed by atoms with van der Waals surface area (Å²) in [5.74, 6) is -0.768. The summed E-state index contributed by atoms with van der Waals surface area (Å²) in [6, 6.07) is 11.6. The maximum Gasteiger partial charge on any atom is 1.00 e. The Balaban J connectivity index is 0.00000324. The Morgan fingerprint density at radius 3 is 2.56 bits per heavy atom. The standard InChI is InChI=1S/C19H18N6O6S2.Na/c26-17(15-6-1-2-7-16(15)33(28,29)30)20-13-4-3-5-14(12-13)25-18(21-22-23-25)32-19(27)24-8-10-31-11-9-24;/h1-7,12H,8-11H2,(H,20,26)(H,28,29,30);/q;+1/p-1. The van der Waals surface area contributed by atoms with Crippen molar-refractivity contribution in [2.24, 2.45) is 0 Å². The van der Waals surface area contributed by atoms with Crippen LogP contribution < -0.4 is 34.9 Å². The topological polar surface area (TPSA) is 159 Å². The van der Waals surface area contributed by atoms with Gasteiger partial charge in [0.05, 0.1) is 29.4 Å². The summed E-state index contributed by atoms with van der Waals surface area (Å²) in [6.45, 7) is 1.90. The second kappa shape index (κ2) is 11.4. The molecule has 0 unspecified atom stereocenters. The van der Waals surface area contributed by atoms with E-state index in [1.165, 1.54) is 22.9 Å². The zero-order chi connectivity index (χ0) is 23.4. The average molecular weight is 513 g/mol. The summed E-state index contributed by atoms with van der Waals surface area (Å²) >= 11 is 0.869. The molecule has 1 aromatic heterocycles. The van der Waals surface area contributed by atoms with Crippen molar-refractivity contribution in [3.8, 4) is 5.69 Å². The van der Waals surface area contributed by atoms with Crippen molar-refractivity contribution in [2.75, 3.05) is 31.6 Å². The fraction of sp³-hybridized carbons (Fsp3) is 0.211. The maximum absolute atomic E-state index is 12.6. The maximum atomic E-state index is 12.6. The zero-order valence-corrected chi connectivity index (χ0v) is 21.6. The fourth-order valence-electron chi connectivity index (χ4n) is 3.08. The summed E-state index contributed by atoms with van der Waals surface area (Å²) < 4.78 is 41.0. The molecular weight excluding hydrogens is 495 g/mol. The third-order valence-electron chi connectivity index (χ3n) is 4.64. The molecule has 0 bridgehead atoms. The van der Waals surface area contributed by atoms with Crippen molar-refractivity contribution < 1.29 is 56.9 Å². The molecule has 1 fully saturated rings. The van der Waals surface area contributed by atoms with Gasteiger partial charge in [-0.25, -0.2) is 8.42 Å². The summed E-state index contributed by atoms with van der Waals surface area (Å²) in [5.41, 5.74) is 0.494. The van der Waals surface area contributed by atoms with E-state index in [9.17, 15) is 22.6 Å². The van der Waals surface area contributed by atoms with Crippen LogP contribution in [0.5, 0.6) is 0 Å². The van der Waals surface area contributed by atoms with Crippen LogP contribution in [0.4, 0.5) is 10.5 Å². The smallest absolute Gasteiger partial charge is 0.744 e. The number of benzene rings is 2. The van der Waals surface area contributed by atoms with Crippen LogP contribution in [0.3, 0.4) is 0 Å². The van der Waals surface area contributed by atoms with E-state index in [-0.39, 0.29) is 45.5 Å². The number of anilines is 1. The van der Waals surface area contributed by atoms with Crippen LogP contribution >= 0.6 is 11.8 Å². The minimum atomic E-state index is -4.83. The van der Waals surface area contributed by atoms with Crippen LogP contribution in [0.1, 0.15) is 10.4 Å². The average Bonchev–Trinajstić information content (AvgIpc) is 3.27. The molecule has 1 aliphatic heterocycles. The van der Waals surface area contributed by atoms with Gasteiger partial charge in [-0.3, -0.25) is 9.59 Å². The summed E-state index contributed by atoms with van der Waals surface area (Å²) in [7, 11) is -4.83. The van der Waals surface area contributed by atoms with Crippen molar-refractivity contribution >= 4 is 38.7 Å². The number of nitrogens with zero attached hydrogens (tertiary/aromatic N) is 5. The number of hydrogen-bond donors (Lipinski definition) is 1. The largest absolute Gasteiger partial charge is 1.00 e. The van der Waals surface area contributed by atoms with Gasteiger partial charge in [-0.1, -0.05) is 18.2 Å². The molecule has 34 heavy (non-hydrogen) atoms. The molecule has 1 aliphatic rings. The first-order chi connectivity index (χ1) is 15.8. The molecule has 0 saturated carbocycles. The van der Waals surface area contributed by atoms with Crippen LogP contribution in [0, 0.1) is 0 Å². The molecule has 2 amide bonds. The Morgan fingerprint density at radius 2 is 1.82 bits per heavy atom. The predicted molar refractivity (Wildman–Crippen MR) is 115 cm³/mol. The minimum absolute atomic E-state index is 0. The number of ether oxygens (including phenoxy) is 1. The second-order valence-corrected chi connectivity index (χ2v) is 9.06. The molecule has 0 radical (unpaired) electrons. The third kappa shape index (κ3) is 6.21. The van der Waals surface area contributed by atoms with Gasteiger partial charge in [0.25, 0.3) is 11.1 Å². The molecular formula is C19H17N6NaO6S2. The predicted octanol–water partition coefficient (Wildman–Crippen LogP) is -1.63. The Bertz CT molecular complexity index is 1300. The minimum Gasteiger partial charge on any atom is -0.744 e. The number of aromatic nitrogens is 4. The van der Waals surface area contributed by atoms with Crippen LogP contribution in [0.15, 0.2) is 58.6 Å². The van der Waals surface area contributed by atoms with Crippen molar-refractivity contribution in [3.63, 3.8) is 0 Å². The van der Waals surface area contributed by atoms with Gasteiger partial charge in [0.1, 0.15) is 10.1 Å². The van der Waals surface area contributed by atoms with Gasteiger partial charge in [0.15, 0.2) is 0 Å². The van der Waals surface area contributed by atoms with Crippen LogP contribution in [-0.4, -0.2) is 75.5 Å². The number of amides is 2. The quantitative estimate of drug-likeness (QED) is 0.239.